The second-order valence-electron chi connectivity index (χ2n) is 7.51. The van der Waals surface area contributed by atoms with Crippen molar-refractivity contribution in [2.75, 3.05) is 5.32 Å². The van der Waals surface area contributed by atoms with Crippen LogP contribution in [-0.4, -0.2) is 30.5 Å². The van der Waals surface area contributed by atoms with E-state index in [9.17, 15) is 4.79 Å². The largest absolute Gasteiger partial charge is 0.289 e. The molecule has 0 unspecified atom stereocenters. The van der Waals surface area contributed by atoms with Crippen LogP contribution in [0, 0.1) is 0 Å². The van der Waals surface area contributed by atoms with E-state index < -0.39 is 0 Å². The van der Waals surface area contributed by atoms with Gasteiger partial charge in [0.15, 0.2) is 0 Å². The predicted octanol–water partition coefficient (Wildman–Crippen LogP) is 5.74. The van der Waals surface area contributed by atoms with Crippen molar-refractivity contribution in [3.63, 3.8) is 0 Å². The summed E-state index contributed by atoms with van der Waals surface area (Å²) in [5.74, 6) is -0.162. The molecule has 0 spiro atoms. The van der Waals surface area contributed by atoms with E-state index in [4.69, 9.17) is 23.2 Å². The second-order valence-corrected chi connectivity index (χ2v) is 8.32. The van der Waals surface area contributed by atoms with E-state index in [0.29, 0.717) is 27.8 Å². The first kappa shape index (κ1) is 21.9. The van der Waals surface area contributed by atoms with Crippen molar-refractivity contribution in [2.24, 2.45) is 0 Å². The van der Waals surface area contributed by atoms with E-state index in [1.807, 2.05) is 66.7 Å². The summed E-state index contributed by atoms with van der Waals surface area (Å²) < 4.78 is 3.30. The van der Waals surface area contributed by atoms with Gasteiger partial charge in [-0.3, -0.25) is 10.1 Å². The molecule has 0 bridgehead atoms. The number of halogens is 2. The van der Waals surface area contributed by atoms with Crippen LogP contribution in [-0.2, 0) is 6.54 Å². The van der Waals surface area contributed by atoms with Gasteiger partial charge in [0.2, 0.25) is 5.95 Å². The van der Waals surface area contributed by atoms with Gasteiger partial charge in [0.05, 0.1) is 27.8 Å². The number of nitrogens with one attached hydrogen (secondary N) is 1. The Bertz CT molecular complexity index is 1450. The molecule has 1 N–H and O–H groups in total. The maximum absolute atomic E-state index is 13.2. The highest BCUT2D eigenvalue weighted by Gasteiger charge is 2.20. The lowest BCUT2D eigenvalue weighted by Crippen LogP contribution is -2.14. The average Bonchev–Trinajstić information content (AvgIpc) is 3.50. The molecular weight excluding hydrogens is 471 g/mol. The lowest BCUT2D eigenvalue weighted by molar-refractivity contribution is 0.102. The van der Waals surface area contributed by atoms with Crippen LogP contribution in [0.3, 0.4) is 0 Å². The summed E-state index contributed by atoms with van der Waals surface area (Å²) in [7, 11) is 0. The molecular formula is C25H18Cl2N6O. The topological polar surface area (TPSA) is 77.6 Å². The minimum atomic E-state index is -0.353. The molecule has 0 saturated carbocycles. The van der Waals surface area contributed by atoms with Crippen LogP contribution < -0.4 is 5.32 Å². The van der Waals surface area contributed by atoms with Crippen molar-refractivity contribution in [3.05, 3.63) is 113 Å². The number of benzene rings is 3. The van der Waals surface area contributed by atoms with Crippen molar-refractivity contribution in [1.82, 2.24) is 24.5 Å². The molecule has 0 aliphatic heterocycles. The summed E-state index contributed by atoms with van der Waals surface area (Å²) in [4.78, 5) is 17.4. The standard InChI is InChI=1S/C25H18Cl2N6O/c26-21-12-11-17(13-22(21)27)14-32-16-28-25(31-32)29-24(34)20-15-33(19-9-5-2-6-10-19)30-23(20)18-7-3-1-4-8-18/h1-13,15-16H,14H2,(H,29,31,34). The number of amides is 1. The fourth-order valence-corrected chi connectivity index (χ4v) is 3.81. The van der Waals surface area contributed by atoms with Gasteiger partial charge < -0.3 is 0 Å². The SMILES string of the molecule is O=C(Nc1ncn(Cc2ccc(Cl)c(Cl)c2)n1)c1cn(-c2ccccc2)nc1-c1ccccc1. The molecule has 7 nitrogen and oxygen atoms in total. The van der Waals surface area contributed by atoms with Crippen LogP contribution in [0.4, 0.5) is 5.95 Å². The first-order valence-corrected chi connectivity index (χ1v) is 11.2. The number of carbonyl (C=O) groups is 1. The molecule has 5 rings (SSSR count). The Balaban J connectivity index is 1.40. The fourth-order valence-electron chi connectivity index (χ4n) is 3.48. The van der Waals surface area contributed by atoms with Crippen molar-refractivity contribution in [2.45, 2.75) is 6.54 Å². The Morgan fingerprint density at radius 1 is 0.882 bits per heavy atom. The van der Waals surface area contributed by atoms with E-state index in [1.54, 1.807) is 34.0 Å². The van der Waals surface area contributed by atoms with Gasteiger partial charge in [-0.25, -0.2) is 14.3 Å². The number of hydrogen-bond acceptors (Lipinski definition) is 4. The molecule has 34 heavy (non-hydrogen) atoms. The van der Waals surface area contributed by atoms with Crippen LogP contribution in [0.2, 0.25) is 10.0 Å². The average molecular weight is 489 g/mol. The molecule has 1 amide bonds. The van der Waals surface area contributed by atoms with Gasteiger partial charge >= 0.3 is 0 Å². The van der Waals surface area contributed by atoms with Gasteiger partial charge in [-0.05, 0) is 29.8 Å². The van der Waals surface area contributed by atoms with Gasteiger partial charge in [-0.2, -0.15) is 5.10 Å². The van der Waals surface area contributed by atoms with Gasteiger partial charge in [0.1, 0.15) is 12.0 Å². The fraction of sp³-hybridized carbons (Fsp3) is 0.0400. The first-order chi connectivity index (χ1) is 16.6. The zero-order valence-electron chi connectivity index (χ0n) is 17.8. The zero-order valence-corrected chi connectivity index (χ0v) is 19.3. The van der Waals surface area contributed by atoms with Crippen LogP contribution in [0.1, 0.15) is 15.9 Å². The van der Waals surface area contributed by atoms with Crippen LogP contribution in [0.5, 0.6) is 0 Å². The summed E-state index contributed by atoms with van der Waals surface area (Å²) in [6.45, 7) is 0.432. The number of aromatic nitrogens is 5. The smallest absolute Gasteiger partial charge is 0.261 e. The Hall–Kier alpha value is -3.94. The molecule has 9 heteroatoms. The summed E-state index contributed by atoms with van der Waals surface area (Å²) in [5, 5.41) is 12.8. The van der Waals surface area contributed by atoms with Gasteiger partial charge in [-0.15, -0.1) is 5.10 Å². The first-order valence-electron chi connectivity index (χ1n) is 10.4. The van der Waals surface area contributed by atoms with E-state index in [0.717, 1.165) is 16.8 Å². The van der Waals surface area contributed by atoms with Crippen molar-refractivity contribution in [1.29, 1.82) is 0 Å². The molecule has 0 atom stereocenters. The highest BCUT2D eigenvalue weighted by atomic mass is 35.5. The highest BCUT2D eigenvalue weighted by molar-refractivity contribution is 6.42. The highest BCUT2D eigenvalue weighted by Crippen LogP contribution is 2.25. The second kappa shape index (κ2) is 9.51. The third-order valence-electron chi connectivity index (χ3n) is 5.12. The summed E-state index contributed by atoms with van der Waals surface area (Å²) in [6.07, 6.45) is 3.25. The van der Waals surface area contributed by atoms with E-state index >= 15 is 0 Å². The Labute approximate surface area is 205 Å². The molecule has 0 aliphatic rings. The molecule has 3 aromatic carbocycles. The number of para-hydroxylation sites is 1. The van der Waals surface area contributed by atoms with Crippen LogP contribution in [0.15, 0.2) is 91.4 Å². The third-order valence-corrected chi connectivity index (χ3v) is 5.86. The number of hydrogen-bond donors (Lipinski definition) is 1. The number of carbonyl (C=O) groups excluding carboxylic acids is 1. The van der Waals surface area contributed by atoms with Crippen molar-refractivity contribution in [3.8, 4) is 16.9 Å². The number of nitrogens with zero attached hydrogens (tertiary/aromatic N) is 5. The normalized spacial score (nSPS) is 10.9. The predicted molar refractivity (Wildman–Crippen MR) is 133 cm³/mol. The van der Waals surface area contributed by atoms with Crippen LogP contribution >= 0.6 is 23.2 Å². The van der Waals surface area contributed by atoms with Gasteiger partial charge in [0, 0.05) is 11.8 Å². The minimum Gasteiger partial charge on any atom is -0.289 e. The molecule has 0 saturated heterocycles. The molecule has 2 heterocycles. The van der Waals surface area contributed by atoms with Crippen LogP contribution in [0.25, 0.3) is 16.9 Å². The Kier molecular flexibility index (Phi) is 6.12. The van der Waals surface area contributed by atoms with Crippen molar-refractivity contribution < 1.29 is 4.79 Å². The third kappa shape index (κ3) is 4.71. The molecule has 0 radical (unpaired) electrons. The zero-order chi connectivity index (χ0) is 23.5. The lowest BCUT2D eigenvalue weighted by Gasteiger charge is -2.04. The van der Waals surface area contributed by atoms with Gasteiger partial charge in [-0.1, -0.05) is 77.8 Å². The van der Waals surface area contributed by atoms with E-state index in [-0.39, 0.29) is 11.9 Å². The molecule has 0 aliphatic carbocycles. The summed E-state index contributed by atoms with van der Waals surface area (Å²) >= 11 is 12.1. The number of rotatable bonds is 6. The molecule has 5 aromatic rings. The quantitative estimate of drug-likeness (QED) is 0.330. The molecule has 2 aromatic heterocycles. The molecule has 168 valence electrons. The van der Waals surface area contributed by atoms with Gasteiger partial charge in [0.25, 0.3) is 5.91 Å². The number of anilines is 1. The maximum Gasteiger partial charge on any atom is 0.261 e. The summed E-state index contributed by atoms with van der Waals surface area (Å²) in [5.41, 5.74) is 3.57. The summed E-state index contributed by atoms with van der Waals surface area (Å²) in [6, 6.07) is 24.5. The van der Waals surface area contributed by atoms with E-state index in [1.165, 1.54) is 0 Å². The Morgan fingerprint density at radius 2 is 1.62 bits per heavy atom. The maximum atomic E-state index is 13.2. The van der Waals surface area contributed by atoms with E-state index in [2.05, 4.69) is 20.5 Å². The Morgan fingerprint density at radius 3 is 2.35 bits per heavy atom. The monoisotopic (exact) mass is 488 g/mol. The van der Waals surface area contributed by atoms with Crippen molar-refractivity contribution >= 4 is 35.1 Å². The lowest BCUT2D eigenvalue weighted by atomic mass is 10.1. The minimum absolute atomic E-state index is 0.191. The molecule has 0 fully saturated rings.